The fourth-order valence-corrected chi connectivity index (χ4v) is 5.75. The van der Waals surface area contributed by atoms with Crippen LogP contribution in [0.1, 0.15) is 31.5 Å². The lowest BCUT2D eigenvalue weighted by molar-refractivity contribution is 0.0383. The van der Waals surface area contributed by atoms with Crippen LogP contribution >= 0.6 is 34.7 Å². The Morgan fingerprint density at radius 1 is 0.857 bits per heavy atom. The molecule has 0 radical (unpaired) electrons. The maximum absolute atomic E-state index is 13.1. The van der Waals surface area contributed by atoms with Gasteiger partial charge in [-0.25, -0.2) is 0 Å². The van der Waals surface area contributed by atoms with Crippen LogP contribution in [0.4, 0.5) is 11.4 Å². The molecule has 4 aromatic rings. The molecule has 0 aliphatic carbocycles. The zero-order valence-corrected chi connectivity index (χ0v) is 25.6. The summed E-state index contributed by atoms with van der Waals surface area (Å²) in [6, 6.07) is 4.88. The van der Waals surface area contributed by atoms with Crippen molar-refractivity contribution in [3.63, 3.8) is 0 Å². The number of aryl methyl sites for hydroxylation is 3. The molecular weight excluding hydrogens is 603 g/mol. The molecule has 1 aliphatic rings. The first-order valence-corrected chi connectivity index (χ1v) is 14.6. The summed E-state index contributed by atoms with van der Waals surface area (Å²) >= 11 is 13.3. The Morgan fingerprint density at radius 2 is 1.40 bits per heavy atom. The van der Waals surface area contributed by atoms with Crippen LogP contribution in [0, 0.1) is 0 Å². The Morgan fingerprint density at radius 3 is 1.98 bits per heavy atom. The van der Waals surface area contributed by atoms with Crippen molar-refractivity contribution < 1.29 is 19.1 Å². The number of carbonyl (C=O) groups is 3. The quantitative estimate of drug-likeness (QED) is 0.258. The van der Waals surface area contributed by atoms with Gasteiger partial charge in [0.2, 0.25) is 0 Å². The van der Waals surface area contributed by atoms with Crippen molar-refractivity contribution in [3.05, 3.63) is 63.2 Å². The van der Waals surface area contributed by atoms with Gasteiger partial charge in [-0.15, -0.1) is 0 Å². The highest BCUT2D eigenvalue weighted by molar-refractivity contribution is 7.11. The Balaban J connectivity index is 1.20. The van der Waals surface area contributed by atoms with Crippen LogP contribution in [0.3, 0.4) is 0 Å². The number of ether oxygens (including phenoxy) is 1. The van der Waals surface area contributed by atoms with Crippen LogP contribution in [0.2, 0.25) is 9.36 Å². The van der Waals surface area contributed by atoms with E-state index < -0.39 is 0 Å². The van der Waals surface area contributed by atoms with E-state index in [4.69, 9.17) is 27.9 Å². The van der Waals surface area contributed by atoms with Crippen molar-refractivity contribution in [2.75, 3.05) is 50.0 Å². The molecule has 0 spiro atoms. The van der Waals surface area contributed by atoms with Gasteiger partial charge in [0.25, 0.3) is 17.7 Å². The van der Waals surface area contributed by atoms with E-state index in [0.717, 1.165) is 31.2 Å². The van der Waals surface area contributed by atoms with Crippen molar-refractivity contribution >= 4 is 63.8 Å². The number of morpholine rings is 1. The Hall–Kier alpha value is -3.62. The van der Waals surface area contributed by atoms with Crippen LogP contribution in [0.15, 0.2) is 36.8 Å². The average molecular weight is 634 g/mol. The lowest BCUT2D eigenvalue weighted by atomic mass is 10.2. The number of aromatic nitrogens is 4. The largest absolute Gasteiger partial charge is 0.379 e. The van der Waals surface area contributed by atoms with Crippen molar-refractivity contribution in [2.45, 2.75) is 0 Å². The third-order valence-electron chi connectivity index (χ3n) is 6.92. The second-order valence-electron chi connectivity index (χ2n) is 9.91. The first-order chi connectivity index (χ1) is 20.1. The van der Waals surface area contributed by atoms with Gasteiger partial charge in [0.15, 0.2) is 0 Å². The highest BCUT2D eigenvalue weighted by Gasteiger charge is 2.20. The molecule has 3 N–H and O–H groups in total. The average Bonchev–Trinajstić information content (AvgIpc) is 3.71. The van der Waals surface area contributed by atoms with E-state index in [1.165, 1.54) is 0 Å². The lowest BCUT2D eigenvalue weighted by Gasteiger charge is -2.26. The molecular formula is C27H30Cl2N8O4S. The van der Waals surface area contributed by atoms with E-state index in [2.05, 4.69) is 25.2 Å². The fourth-order valence-electron chi connectivity index (χ4n) is 4.71. The smallest absolute Gasteiger partial charge is 0.272 e. The van der Waals surface area contributed by atoms with E-state index in [1.807, 2.05) is 0 Å². The summed E-state index contributed by atoms with van der Waals surface area (Å²) in [6.07, 6.45) is 5.07. The minimum atomic E-state index is -0.390. The van der Waals surface area contributed by atoms with Crippen molar-refractivity contribution in [2.24, 2.45) is 21.1 Å². The molecule has 0 aromatic carbocycles. The van der Waals surface area contributed by atoms with Gasteiger partial charge >= 0.3 is 0 Å². The third kappa shape index (κ3) is 6.55. The Labute approximate surface area is 256 Å². The van der Waals surface area contributed by atoms with E-state index in [1.54, 1.807) is 71.6 Å². The predicted octanol–water partition coefficient (Wildman–Crippen LogP) is 3.70. The maximum Gasteiger partial charge on any atom is 0.272 e. The van der Waals surface area contributed by atoms with E-state index in [-0.39, 0.29) is 17.7 Å². The number of nitrogens with zero attached hydrogens (tertiary/aromatic N) is 5. The molecule has 0 atom stereocenters. The predicted molar refractivity (Wildman–Crippen MR) is 163 cm³/mol. The highest BCUT2D eigenvalue weighted by atomic mass is 35.5. The number of amides is 3. The number of hydrogen-bond donors (Lipinski definition) is 3. The SMILES string of the molecule is Cn1cc(NC(=O)c2cc(NC(=O)c3cc(-c4nsc(Cl)c4Cl)cn3C)cn2C)cc1C(=O)NCCN1CCOCC1. The number of halogens is 2. The van der Waals surface area contributed by atoms with Crippen molar-refractivity contribution in [1.29, 1.82) is 0 Å². The van der Waals surface area contributed by atoms with Crippen molar-refractivity contribution in [3.8, 4) is 11.3 Å². The van der Waals surface area contributed by atoms with Gasteiger partial charge in [0, 0.05) is 71.5 Å². The minimum Gasteiger partial charge on any atom is -0.379 e. The lowest BCUT2D eigenvalue weighted by Crippen LogP contribution is -2.41. The number of nitrogens with one attached hydrogen (secondary N) is 3. The maximum atomic E-state index is 13.1. The van der Waals surface area contributed by atoms with Crippen LogP contribution in [-0.2, 0) is 25.9 Å². The number of hydrogen-bond acceptors (Lipinski definition) is 7. The molecule has 42 heavy (non-hydrogen) atoms. The highest BCUT2D eigenvalue weighted by Crippen LogP contribution is 2.36. The normalized spacial score (nSPS) is 13.7. The molecule has 3 amide bonds. The Bertz CT molecular complexity index is 1630. The van der Waals surface area contributed by atoms with Gasteiger partial charge < -0.3 is 34.4 Å². The molecule has 0 unspecified atom stereocenters. The molecule has 4 aromatic heterocycles. The third-order valence-corrected chi connectivity index (χ3v) is 8.53. The second-order valence-corrected chi connectivity index (χ2v) is 11.7. The first kappa shape index (κ1) is 29.9. The number of rotatable bonds is 9. The molecule has 1 aliphatic heterocycles. The van der Waals surface area contributed by atoms with E-state index >= 15 is 0 Å². The Kier molecular flexibility index (Phi) is 9.04. The molecule has 12 nitrogen and oxygen atoms in total. The van der Waals surface area contributed by atoms with Gasteiger partial charge in [0.1, 0.15) is 27.1 Å². The molecule has 222 valence electrons. The zero-order chi connectivity index (χ0) is 30.0. The molecule has 0 bridgehead atoms. The van der Waals surface area contributed by atoms with Gasteiger partial charge in [-0.05, 0) is 29.7 Å². The minimum absolute atomic E-state index is 0.223. The monoisotopic (exact) mass is 632 g/mol. The second kappa shape index (κ2) is 12.7. The summed E-state index contributed by atoms with van der Waals surface area (Å²) in [4.78, 5) is 41.1. The van der Waals surface area contributed by atoms with Gasteiger partial charge in [-0.2, -0.15) is 4.37 Å². The number of carbonyl (C=O) groups excluding carboxylic acids is 3. The summed E-state index contributed by atoms with van der Waals surface area (Å²) in [7, 11) is 5.19. The molecule has 15 heteroatoms. The summed E-state index contributed by atoms with van der Waals surface area (Å²) in [6.45, 7) is 4.38. The molecule has 5 heterocycles. The number of anilines is 2. The molecule has 1 saturated heterocycles. The van der Waals surface area contributed by atoms with Crippen LogP contribution in [0.25, 0.3) is 11.3 Å². The summed E-state index contributed by atoms with van der Waals surface area (Å²) < 4.78 is 14.9. The summed E-state index contributed by atoms with van der Waals surface area (Å²) in [5, 5.41) is 8.93. The van der Waals surface area contributed by atoms with Crippen LogP contribution in [0.5, 0.6) is 0 Å². The molecule has 1 fully saturated rings. The van der Waals surface area contributed by atoms with Gasteiger partial charge in [-0.1, -0.05) is 23.2 Å². The van der Waals surface area contributed by atoms with E-state index in [9.17, 15) is 14.4 Å². The first-order valence-electron chi connectivity index (χ1n) is 13.1. The van der Waals surface area contributed by atoms with Crippen LogP contribution in [-0.4, -0.2) is 80.1 Å². The van der Waals surface area contributed by atoms with Gasteiger partial charge in [-0.3, -0.25) is 19.3 Å². The van der Waals surface area contributed by atoms with E-state index in [0.29, 0.717) is 68.8 Å². The molecule has 5 rings (SSSR count). The topological polar surface area (TPSA) is 127 Å². The standard InChI is InChI=1S/C27H30Cl2N8O4S/c1-34-13-16(23-22(28)24(29)42-33-23)10-19(34)26(39)31-18-12-21(36(3)15-18)27(40)32-17-11-20(35(2)14-17)25(38)30-4-5-37-6-8-41-9-7-37/h10-15H,4-9H2,1-3H3,(H,30,38)(H,31,39)(H,32,40). The fraction of sp³-hybridized carbons (Fsp3) is 0.333. The van der Waals surface area contributed by atoms with Gasteiger partial charge in [0.05, 0.1) is 29.6 Å². The van der Waals surface area contributed by atoms with Crippen molar-refractivity contribution in [1.82, 2.24) is 28.3 Å². The van der Waals surface area contributed by atoms with Crippen LogP contribution < -0.4 is 16.0 Å². The molecule has 0 saturated carbocycles. The summed E-state index contributed by atoms with van der Waals surface area (Å²) in [5.41, 5.74) is 3.22. The summed E-state index contributed by atoms with van der Waals surface area (Å²) in [5.74, 6) is -0.982. The zero-order valence-electron chi connectivity index (χ0n) is 23.2.